The number of methoxy groups -OCH3 is 1. The van der Waals surface area contributed by atoms with Gasteiger partial charge in [0.15, 0.2) is 5.78 Å². The molecule has 1 heterocycles. The van der Waals surface area contributed by atoms with Crippen LogP contribution < -0.4 is 5.32 Å². The lowest BCUT2D eigenvalue weighted by Crippen LogP contribution is -2.35. The van der Waals surface area contributed by atoms with Gasteiger partial charge in [-0.15, -0.1) is 11.3 Å². The van der Waals surface area contributed by atoms with Gasteiger partial charge in [0.05, 0.1) is 16.4 Å². The Balaban J connectivity index is 2.62. The molecule has 4 nitrogen and oxygen atoms in total. The number of carbonyl (C=O) groups excluding carboxylic acids is 2. The molecule has 1 aromatic heterocycles. The van der Waals surface area contributed by atoms with Crippen molar-refractivity contribution in [3.8, 4) is 0 Å². The SMILES string of the molecule is COC[C@@H](C)NC(=O)c1ccc(C(C)=O)s1. The van der Waals surface area contributed by atoms with Crippen LogP contribution in [0.2, 0.25) is 0 Å². The Kier molecular flexibility index (Phi) is 4.64. The monoisotopic (exact) mass is 241 g/mol. The van der Waals surface area contributed by atoms with Crippen LogP contribution in [0.4, 0.5) is 0 Å². The highest BCUT2D eigenvalue weighted by Crippen LogP contribution is 2.16. The van der Waals surface area contributed by atoms with Gasteiger partial charge in [0.1, 0.15) is 0 Å². The lowest BCUT2D eigenvalue weighted by Gasteiger charge is -2.11. The maximum atomic E-state index is 11.7. The Morgan fingerprint density at radius 2 is 2.06 bits per heavy atom. The first-order chi connectivity index (χ1) is 7.54. The van der Waals surface area contributed by atoms with Crippen molar-refractivity contribution in [2.45, 2.75) is 19.9 Å². The third kappa shape index (κ3) is 3.43. The van der Waals surface area contributed by atoms with Gasteiger partial charge in [-0.3, -0.25) is 9.59 Å². The van der Waals surface area contributed by atoms with Crippen molar-refractivity contribution in [1.82, 2.24) is 5.32 Å². The minimum Gasteiger partial charge on any atom is -0.383 e. The number of hydrogen-bond acceptors (Lipinski definition) is 4. The van der Waals surface area contributed by atoms with E-state index < -0.39 is 0 Å². The Bertz CT molecular complexity index is 386. The van der Waals surface area contributed by atoms with Gasteiger partial charge in [-0.1, -0.05) is 0 Å². The summed E-state index contributed by atoms with van der Waals surface area (Å²) in [5.41, 5.74) is 0. The van der Waals surface area contributed by atoms with E-state index in [-0.39, 0.29) is 17.7 Å². The van der Waals surface area contributed by atoms with Crippen molar-refractivity contribution in [1.29, 1.82) is 0 Å². The highest BCUT2D eigenvalue weighted by Gasteiger charge is 2.13. The van der Waals surface area contributed by atoms with E-state index in [0.29, 0.717) is 16.4 Å². The van der Waals surface area contributed by atoms with Gasteiger partial charge in [-0.2, -0.15) is 0 Å². The molecule has 1 rings (SSSR count). The van der Waals surface area contributed by atoms with Crippen molar-refractivity contribution in [3.05, 3.63) is 21.9 Å². The first-order valence-corrected chi connectivity index (χ1v) is 5.76. The number of amides is 1. The fraction of sp³-hybridized carbons (Fsp3) is 0.455. The number of carbonyl (C=O) groups is 2. The number of hydrogen-bond donors (Lipinski definition) is 1. The molecule has 0 unspecified atom stereocenters. The molecule has 16 heavy (non-hydrogen) atoms. The molecule has 1 aromatic rings. The third-order valence-corrected chi connectivity index (χ3v) is 3.16. The van der Waals surface area contributed by atoms with E-state index >= 15 is 0 Å². The first kappa shape index (κ1) is 12.9. The van der Waals surface area contributed by atoms with E-state index in [0.717, 1.165) is 0 Å². The number of ketones is 1. The van der Waals surface area contributed by atoms with Crippen LogP contribution in [0.5, 0.6) is 0 Å². The molecule has 0 saturated heterocycles. The number of thiophene rings is 1. The maximum absolute atomic E-state index is 11.7. The molecular weight excluding hydrogens is 226 g/mol. The molecule has 0 bridgehead atoms. The van der Waals surface area contributed by atoms with Crippen LogP contribution >= 0.6 is 11.3 Å². The van der Waals surface area contributed by atoms with Crippen molar-refractivity contribution in [3.63, 3.8) is 0 Å². The van der Waals surface area contributed by atoms with Gasteiger partial charge in [0.2, 0.25) is 0 Å². The van der Waals surface area contributed by atoms with Crippen LogP contribution in [0.1, 0.15) is 33.2 Å². The van der Waals surface area contributed by atoms with Crippen molar-refractivity contribution >= 4 is 23.0 Å². The average molecular weight is 241 g/mol. The predicted octanol–water partition coefficient (Wildman–Crippen LogP) is 1.72. The quantitative estimate of drug-likeness (QED) is 0.798. The lowest BCUT2D eigenvalue weighted by atomic mass is 10.3. The molecular formula is C11H15NO3S. The summed E-state index contributed by atoms with van der Waals surface area (Å²) in [7, 11) is 1.58. The largest absolute Gasteiger partial charge is 0.383 e. The maximum Gasteiger partial charge on any atom is 0.261 e. The van der Waals surface area contributed by atoms with Crippen LogP contribution in [-0.2, 0) is 4.74 Å². The lowest BCUT2D eigenvalue weighted by molar-refractivity contribution is 0.0909. The highest BCUT2D eigenvalue weighted by atomic mass is 32.1. The molecule has 1 amide bonds. The summed E-state index contributed by atoms with van der Waals surface area (Å²) in [6.07, 6.45) is 0. The summed E-state index contributed by atoms with van der Waals surface area (Å²) in [6.45, 7) is 3.82. The van der Waals surface area contributed by atoms with Crippen LogP contribution in [0.15, 0.2) is 12.1 Å². The molecule has 0 aliphatic carbocycles. The topological polar surface area (TPSA) is 55.4 Å². The fourth-order valence-corrected chi connectivity index (χ4v) is 2.04. The second kappa shape index (κ2) is 5.77. The van der Waals surface area contributed by atoms with E-state index in [4.69, 9.17) is 4.74 Å². The molecule has 1 atom stereocenters. The van der Waals surface area contributed by atoms with E-state index in [9.17, 15) is 9.59 Å². The highest BCUT2D eigenvalue weighted by molar-refractivity contribution is 7.15. The minimum atomic E-state index is -0.165. The van der Waals surface area contributed by atoms with Crippen molar-refractivity contribution < 1.29 is 14.3 Å². The van der Waals surface area contributed by atoms with Crippen molar-refractivity contribution in [2.24, 2.45) is 0 Å². The number of nitrogens with one attached hydrogen (secondary N) is 1. The summed E-state index contributed by atoms with van der Waals surface area (Å²) in [5.74, 6) is -0.184. The Labute approximate surface area is 98.6 Å². The molecule has 88 valence electrons. The molecule has 0 radical (unpaired) electrons. The Morgan fingerprint density at radius 3 is 2.56 bits per heavy atom. The standard InChI is InChI=1S/C11H15NO3S/c1-7(6-15-3)12-11(14)10-5-4-9(16-10)8(2)13/h4-5,7H,6H2,1-3H3,(H,12,14)/t7-/m1/s1. The second-order valence-electron chi connectivity index (χ2n) is 3.55. The van der Waals surface area contributed by atoms with Gasteiger partial charge in [-0.25, -0.2) is 0 Å². The zero-order valence-corrected chi connectivity index (χ0v) is 10.4. The second-order valence-corrected chi connectivity index (χ2v) is 4.63. The summed E-state index contributed by atoms with van der Waals surface area (Å²) in [6, 6.07) is 3.29. The van der Waals surface area contributed by atoms with Crippen LogP contribution in [0.25, 0.3) is 0 Å². The Morgan fingerprint density at radius 1 is 1.44 bits per heavy atom. The zero-order valence-electron chi connectivity index (χ0n) is 9.57. The minimum absolute atomic E-state index is 0.0195. The summed E-state index contributed by atoms with van der Waals surface area (Å²) in [4.78, 5) is 23.9. The smallest absolute Gasteiger partial charge is 0.261 e. The average Bonchev–Trinajstić information content (AvgIpc) is 2.66. The predicted molar refractivity (Wildman–Crippen MR) is 63.1 cm³/mol. The van der Waals surface area contributed by atoms with Crippen LogP contribution in [0, 0.1) is 0 Å². The van der Waals surface area contributed by atoms with Gasteiger partial charge in [0.25, 0.3) is 5.91 Å². The van der Waals surface area contributed by atoms with E-state index in [1.165, 1.54) is 18.3 Å². The van der Waals surface area contributed by atoms with Crippen LogP contribution in [0.3, 0.4) is 0 Å². The molecule has 0 aromatic carbocycles. The number of ether oxygens (including phenoxy) is 1. The normalized spacial score (nSPS) is 12.2. The molecule has 1 N–H and O–H groups in total. The summed E-state index contributed by atoms with van der Waals surface area (Å²) < 4.78 is 4.92. The van der Waals surface area contributed by atoms with Gasteiger partial charge in [-0.05, 0) is 26.0 Å². The van der Waals surface area contributed by atoms with E-state index in [2.05, 4.69) is 5.32 Å². The first-order valence-electron chi connectivity index (χ1n) is 4.95. The van der Waals surface area contributed by atoms with Crippen molar-refractivity contribution in [2.75, 3.05) is 13.7 Å². The molecule has 0 fully saturated rings. The fourth-order valence-electron chi connectivity index (χ4n) is 1.24. The van der Waals surface area contributed by atoms with Gasteiger partial charge < -0.3 is 10.1 Å². The molecule has 5 heteroatoms. The molecule has 0 spiro atoms. The van der Waals surface area contributed by atoms with E-state index in [1.54, 1.807) is 19.2 Å². The summed E-state index contributed by atoms with van der Waals surface area (Å²) in [5, 5.41) is 2.78. The number of Topliss-reactive ketones (excluding diaryl/α,β-unsaturated/α-hetero) is 1. The summed E-state index contributed by atoms with van der Waals surface area (Å²) >= 11 is 1.21. The van der Waals surface area contributed by atoms with Gasteiger partial charge in [0, 0.05) is 13.2 Å². The molecule has 0 saturated carbocycles. The zero-order chi connectivity index (χ0) is 12.1. The molecule has 0 aliphatic heterocycles. The third-order valence-electron chi connectivity index (χ3n) is 1.97. The van der Waals surface area contributed by atoms with E-state index in [1.807, 2.05) is 6.92 Å². The number of rotatable bonds is 5. The molecule has 0 aliphatic rings. The van der Waals surface area contributed by atoms with Gasteiger partial charge >= 0.3 is 0 Å². The van der Waals surface area contributed by atoms with Crippen LogP contribution in [-0.4, -0.2) is 31.4 Å². The Hall–Kier alpha value is -1.20.